The molecule has 5 N–H and O–H groups in total. The quantitative estimate of drug-likeness (QED) is 0.385. The lowest BCUT2D eigenvalue weighted by molar-refractivity contribution is -0.0495. The second-order valence-electron chi connectivity index (χ2n) is 6.98. The Kier molecular flexibility index (Phi) is 6.96. The molecule has 0 spiro atoms. The molecule has 0 amide bonds. The lowest BCUT2D eigenvalue weighted by Gasteiger charge is -2.34. The maximum atomic E-state index is 12.2. The van der Waals surface area contributed by atoms with Crippen LogP contribution in [0.15, 0.2) is 17.2 Å². The number of hydrogen-bond acceptors (Lipinski definition) is 8. The Morgan fingerprint density at radius 2 is 2.07 bits per heavy atom. The molecule has 1 aliphatic rings. The SMILES string of the molecule is CCC(O)P(=O)(O)OC(C)(CC)C[C@H]1O[C@@H](c2cnc(=O)[nH]c2)[C@@H](O)C1O. The van der Waals surface area contributed by atoms with Crippen molar-refractivity contribution in [2.75, 3.05) is 0 Å². The topological polar surface area (TPSA) is 162 Å². The minimum absolute atomic E-state index is 0.00991. The fourth-order valence-electron chi connectivity index (χ4n) is 2.98. The van der Waals surface area contributed by atoms with Crippen LogP contribution in [-0.4, -0.2) is 59.9 Å². The first-order chi connectivity index (χ1) is 12.5. The molecule has 11 heteroatoms. The Morgan fingerprint density at radius 3 is 2.59 bits per heavy atom. The van der Waals surface area contributed by atoms with Gasteiger partial charge in [-0.2, -0.15) is 0 Å². The van der Waals surface area contributed by atoms with E-state index in [-0.39, 0.29) is 12.8 Å². The van der Waals surface area contributed by atoms with Crippen molar-refractivity contribution in [1.29, 1.82) is 0 Å². The third-order valence-corrected chi connectivity index (χ3v) is 6.68. The first-order valence-corrected chi connectivity index (χ1v) is 10.4. The number of nitrogens with one attached hydrogen (secondary N) is 1. The standard InChI is InChI=1S/C16H27N2O8P/c1-4-11(19)27(23,24)26-16(3,5-2)6-10-12(20)13(21)14(25-10)9-7-17-15(22)18-8-9/h7-8,10-14,19-21H,4-6H2,1-3H3,(H,23,24)(H,17,18,22)/t10-,11?,12?,13+,14+,16?/m1/s1. The maximum absolute atomic E-state index is 12.2. The van der Waals surface area contributed by atoms with E-state index in [1.54, 1.807) is 20.8 Å². The van der Waals surface area contributed by atoms with Crippen LogP contribution < -0.4 is 5.69 Å². The Balaban J connectivity index is 2.15. The summed E-state index contributed by atoms with van der Waals surface area (Å²) in [6.45, 7) is 4.87. The van der Waals surface area contributed by atoms with E-state index in [0.717, 1.165) is 0 Å². The number of aliphatic hydroxyl groups excluding tert-OH is 3. The number of hydrogen-bond donors (Lipinski definition) is 5. The third-order valence-electron chi connectivity index (χ3n) is 4.86. The van der Waals surface area contributed by atoms with Crippen molar-refractivity contribution < 1.29 is 34.0 Å². The summed E-state index contributed by atoms with van der Waals surface area (Å²) < 4.78 is 23.3. The minimum atomic E-state index is -4.29. The first-order valence-electron chi connectivity index (χ1n) is 8.80. The molecule has 2 heterocycles. The molecule has 10 nitrogen and oxygen atoms in total. The van der Waals surface area contributed by atoms with Crippen molar-refractivity contribution >= 4 is 7.60 Å². The fourth-order valence-corrected chi connectivity index (χ4v) is 4.40. The zero-order valence-electron chi connectivity index (χ0n) is 15.5. The van der Waals surface area contributed by atoms with Gasteiger partial charge in [0.15, 0.2) is 5.85 Å². The molecule has 0 bridgehead atoms. The average molecular weight is 406 g/mol. The monoisotopic (exact) mass is 406 g/mol. The molecule has 1 fully saturated rings. The van der Waals surface area contributed by atoms with E-state index in [1.807, 2.05) is 0 Å². The van der Waals surface area contributed by atoms with Crippen LogP contribution in [0.4, 0.5) is 0 Å². The Bertz CT molecular complexity index is 723. The van der Waals surface area contributed by atoms with Gasteiger partial charge in [0.2, 0.25) is 0 Å². The van der Waals surface area contributed by atoms with E-state index < -0.39 is 49.1 Å². The smallest absolute Gasteiger partial charge is 0.356 e. The molecule has 27 heavy (non-hydrogen) atoms. The molecular formula is C16H27N2O8P. The molecule has 0 radical (unpaired) electrons. The van der Waals surface area contributed by atoms with Crippen LogP contribution >= 0.6 is 7.60 Å². The molecule has 0 aromatic carbocycles. The molecule has 7 atom stereocenters. The number of H-pyrrole nitrogens is 1. The Morgan fingerprint density at radius 1 is 1.41 bits per heavy atom. The van der Waals surface area contributed by atoms with Crippen molar-refractivity contribution in [3.63, 3.8) is 0 Å². The van der Waals surface area contributed by atoms with Crippen molar-refractivity contribution in [1.82, 2.24) is 9.97 Å². The van der Waals surface area contributed by atoms with E-state index in [1.165, 1.54) is 12.4 Å². The molecule has 1 aromatic heterocycles. The second-order valence-corrected chi connectivity index (χ2v) is 8.89. The zero-order chi connectivity index (χ0) is 20.4. The highest BCUT2D eigenvalue weighted by Crippen LogP contribution is 2.53. The molecule has 1 saturated heterocycles. The van der Waals surface area contributed by atoms with Gasteiger partial charge in [-0.3, -0.25) is 4.57 Å². The van der Waals surface area contributed by atoms with Crippen LogP contribution in [0.3, 0.4) is 0 Å². The van der Waals surface area contributed by atoms with Gasteiger partial charge in [-0.1, -0.05) is 13.8 Å². The van der Waals surface area contributed by atoms with E-state index >= 15 is 0 Å². The molecule has 4 unspecified atom stereocenters. The van der Waals surface area contributed by atoms with Gasteiger partial charge < -0.3 is 34.5 Å². The van der Waals surface area contributed by atoms with Gasteiger partial charge in [-0.05, 0) is 19.8 Å². The largest absolute Gasteiger partial charge is 0.388 e. The summed E-state index contributed by atoms with van der Waals surface area (Å²) in [5, 5.41) is 30.4. The van der Waals surface area contributed by atoms with Gasteiger partial charge in [-0.15, -0.1) is 0 Å². The van der Waals surface area contributed by atoms with Crippen LogP contribution in [0.1, 0.15) is 51.7 Å². The number of aromatic amines is 1. The number of ether oxygens (including phenoxy) is 1. The normalized spacial score (nSPS) is 31.2. The molecule has 0 saturated carbocycles. The second kappa shape index (κ2) is 8.48. The Labute approximate surface area is 156 Å². The molecule has 154 valence electrons. The van der Waals surface area contributed by atoms with Gasteiger partial charge in [0.1, 0.15) is 18.3 Å². The molecule has 1 aromatic rings. The maximum Gasteiger partial charge on any atom is 0.356 e. The van der Waals surface area contributed by atoms with Gasteiger partial charge in [0.25, 0.3) is 0 Å². The van der Waals surface area contributed by atoms with E-state index in [9.17, 15) is 29.6 Å². The number of aliphatic hydroxyl groups is 3. The van der Waals surface area contributed by atoms with Crippen molar-refractivity contribution in [2.45, 2.75) is 75.9 Å². The summed E-state index contributed by atoms with van der Waals surface area (Å²) in [4.78, 5) is 27.0. The number of rotatable bonds is 8. The van der Waals surface area contributed by atoms with Crippen molar-refractivity contribution in [3.8, 4) is 0 Å². The molecule has 1 aliphatic heterocycles. The van der Waals surface area contributed by atoms with Gasteiger partial charge in [-0.25, -0.2) is 9.78 Å². The molecular weight excluding hydrogens is 379 g/mol. The Hall–Kier alpha value is -1.13. The minimum Gasteiger partial charge on any atom is -0.388 e. The summed E-state index contributed by atoms with van der Waals surface area (Å²) >= 11 is 0. The first kappa shape index (κ1) is 22.2. The highest BCUT2D eigenvalue weighted by atomic mass is 31.2. The predicted octanol–water partition coefficient (Wildman–Crippen LogP) is 0.421. The van der Waals surface area contributed by atoms with E-state index in [0.29, 0.717) is 12.0 Å². The van der Waals surface area contributed by atoms with Crippen LogP contribution in [0, 0.1) is 0 Å². The summed E-state index contributed by atoms with van der Waals surface area (Å²) in [5.74, 6) is -1.51. The highest BCUT2D eigenvalue weighted by molar-refractivity contribution is 7.53. The lowest BCUT2D eigenvalue weighted by Crippen LogP contribution is -2.39. The zero-order valence-corrected chi connectivity index (χ0v) is 16.4. The van der Waals surface area contributed by atoms with Crippen molar-refractivity contribution in [2.24, 2.45) is 0 Å². The van der Waals surface area contributed by atoms with Crippen molar-refractivity contribution in [3.05, 3.63) is 28.4 Å². The van der Waals surface area contributed by atoms with Gasteiger partial charge in [0.05, 0.1) is 11.7 Å². The van der Waals surface area contributed by atoms with Crippen LogP contribution in [0.2, 0.25) is 0 Å². The molecule has 0 aliphatic carbocycles. The lowest BCUT2D eigenvalue weighted by atomic mass is 9.92. The average Bonchev–Trinajstić information content (AvgIpc) is 2.89. The van der Waals surface area contributed by atoms with Crippen LogP contribution in [0.5, 0.6) is 0 Å². The highest BCUT2D eigenvalue weighted by Gasteiger charge is 2.48. The summed E-state index contributed by atoms with van der Waals surface area (Å²) in [5.41, 5.74) is -1.34. The van der Waals surface area contributed by atoms with Gasteiger partial charge >= 0.3 is 13.3 Å². The van der Waals surface area contributed by atoms with Crippen LogP contribution in [0.25, 0.3) is 0 Å². The summed E-state index contributed by atoms with van der Waals surface area (Å²) in [6.07, 6.45) is -1.40. The predicted molar refractivity (Wildman–Crippen MR) is 95.0 cm³/mol. The molecule has 2 rings (SSSR count). The summed E-state index contributed by atoms with van der Waals surface area (Å²) in [7, 11) is -4.29. The third kappa shape index (κ3) is 5.03. The number of aromatic nitrogens is 2. The van der Waals surface area contributed by atoms with E-state index in [4.69, 9.17) is 9.26 Å². The van der Waals surface area contributed by atoms with E-state index in [2.05, 4.69) is 9.97 Å². The van der Waals surface area contributed by atoms with Gasteiger partial charge in [0, 0.05) is 24.4 Å². The van der Waals surface area contributed by atoms with Crippen LogP contribution in [-0.2, 0) is 13.8 Å². The number of nitrogens with zero attached hydrogens (tertiary/aromatic N) is 1. The summed E-state index contributed by atoms with van der Waals surface area (Å²) in [6, 6.07) is 0. The fraction of sp³-hybridized carbons (Fsp3) is 0.750.